The van der Waals surface area contributed by atoms with Crippen LogP contribution in [0.3, 0.4) is 0 Å². The van der Waals surface area contributed by atoms with Gasteiger partial charge in [-0.05, 0) is 12.8 Å². The first-order chi connectivity index (χ1) is 6.90. The summed E-state index contributed by atoms with van der Waals surface area (Å²) in [7, 11) is 0. The number of nitrogens with zero attached hydrogens (tertiary/aromatic N) is 2. The Bertz CT molecular complexity index is 280. The smallest absolute Gasteiger partial charge is 0.153 e. The lowest BCUT2D eigenvalue weighted by Crippen LogP contribution is -2.06. The number of hydrogen-bond acceptors (Lipinski definition) is 4. The summed E-state index contributed by atoms with van der Waals surface area (Å²) in [6.45, 7) is 0.305. The van der Waals surface area contributed by atoms with Crippen molar-refractivity contribution < 1.29 is 4.84 Å². The predicted octanol–water partition coefficient (Wildman–Crippen LogP) is 1.24. The summed E-state index contributed by atoms with van der Waals surface area (Å²) in [6.07, 6.45) is 6.35. The number of rotatable bonds is 3. The lowest BCUT2D eigenvalue weighted by atomic mass is 9.89. The van der Waals surface area contributed by atoms with Crippen LogP contribution in [-0.4, -0.2) is 15.2 Å². The Hall–Kier alpha value is -0.940. The van der Waals surface area contributed by atoms with E-state index in [1.165, 1.54) is 32.1 Å². The quantitative estimate of drug-likeness (QED) is 0.713. The first kappa shape index (κ1) is 9.61. The highest BCUT2D eigenvalue weighted by Gasteiger charge is 2.19. The van der Waals surface area contributed by atoms with Gasteiger partial charge in [0.05, 0.1) is 0 Å². The molecule has 0 radical (unpaired) electrons. The zero-order valence-corrected chi connectivity index (χ0v) is 8.20. The van der Waals surface area contributed by atoms with Crippen LogP contribution in [0.2, 0.25) is 0 Å². The third kappa shape index (κ3) is 2.10. The summed E-state index contributed by atoms with van der Waals surface area (Å²) >= 11 is 0. The topological polar surface area (TPSA) is 76.8 Å². The van der Waals surface area contributed by atoms with E-state index < -0.39 is 0 Å². The minimum Gasteiger partial charge on any atom is -0.297 e. The normalized spacial score (nSPS) is 18.6. The van der Waals surface area contributed by atoms with Gasteiger partial charge in [-0.1, -0.05) is 19.3 Å². The van der Waals surface area contributed by atoms with Crippen molar-refractivity contribution in [1.29, 1.82) is 0 Å². The third-order valence-corrected chi connectivity index (χ3v) is 2.74. The Kier molecular flexibility index (Phi) is 3.10. The maximum atomic E-state index is 4.96. The molecule has 2 rings (SSSR count). The van der Waals surface area contributed by atoms with Crippen LogP contribution in [0.1, 0.15) is 49.7 Å². The summed E-state index contributed by atoms with van der Waals surface area (Å²) in [5.74, 6) is 7.14. The van der Waals surface area contributed by atoms with Crippen molar-refractivity contribution in [2.75, 3.05) is 0 Å². The number of H-pyrrole nitrogens is 1. The second kappa shape index (κ2) is 4.52. The molecule has 0 saturated heterocycles. The van der Waals surface area contributed by atoms with Gasteiger partial charge in [0.1, 0.15) is 6.61 Å². The van der Waals surface area contributed by atoms with Crippen molar-refractivity contribution in [3.63, 3.8) is 0 Å². The van der Waals surface area contributed by atoms with Gasteiger partial charge in [-0.2, -0.15) is 5.10 Å². The average Bonchev–Trinajstić information content (AvgIpc) is 2.68. The van der Waals surface area contributed by atoms with Gasteiger partial charge in [-0.3, -0.25) is 9.94 Å². The van der Waals surface area contributed by atoms with E-state index in [9.17, 15) is 0 Å². The Morgan fingerprint density at radius 3 is 2.86 bits per heavy atom. The number of nitrogens with one attached hydrogen (secondary N) is 1. The second-order valence-electron chi connectivity index (χ2n) is 3.79. The Labute approximate surface area is 83.0 Å². The molecular weight excluding hydrogens is 180 g/mol. The van der Waals surface area contributed by atoms with E-state index in [0.29, 0.717) is 18.3 Å². The van der Waals surface area contributed by atoms with E-state index in [-0.39, 0.29) is 0 Å². The van der Waals surface area contributed by atoms with Crippen LogP contribution in [0.25, 0.3) is 0 Å². The molecule has 78 valence electrons. The number of hydrogen-bond donors (Lipinski definition) is 2. The molecule has 1 aromatic heterocycles. The molecule has 1 saturated carbocycles. The van der Waals surface area contributed by atoms with E-state index in [0.717, 1.165) is 5.82 Å². The molecule has 5 heteroatoms. The minimum atomic E-state index is 0.305. The molecule has 1 aliphatic rings. The second-order valence-corrected chi connectivity index (χ2v) is 3.79. The van der Waals surface area contributed by atoms with Crippen molar-refractivity contribution in [3.05, 3.63) is 11.6 Å². The molecule has 0 unspecified atom stereocenters. The molecule has 0 spiro atoms. The van der Waals surface area contributed by atoms with E-state index in [1.54, 1.807) is 0 Å². The summed E-state index contributed by atoms with van der Waals surface area (Å²) < 4.78 is 0. The lowest BCUT2D eigenvalue weighted by molar-refractivity contribution is 0.118. The van der Waals surface area contributed by atoms with Crippen molar-refractivity contribution in [2.24, 2.45) is 5.90 Å². The molecule has 1 aromatic rings. The van der Waals surface area contributed by atoms with E-state index in [4.69, 9.17) is 5.90 Å². The van der Waals surface area contributed by atoms with Gasteiger partial charge in [0.25, 0.3) is 0 Å². The molecule has 0 aliphatic heterocycles. The molecule has 0 amide bonds. The van der Waals surface area contributed by atoms with Gasteiger partial charge in [-0.25, -0.2) is 10.9 Å². The monoisotopic (exact) mass is 196 g/mol. The first-order valence-electron chi connectivity index (χ1n) is 5.13. The molecule has 5 nitrogen and oxygen atoms in total. The van der Waals surface area contributed by atoms with E-state index in [1.807, 2.05) is 0 Å². The Balaban J connectivity index is 2.00. The van der Waals surface area contributed by atoms with Crippen molar-refractivity contribution in [1.82, 2.24) is 15.2 Å². The zero-order valence-electron chi connectivity index (χ0n) is 8.20. The SMILES string of the molecule is NOCc1nc(C2CCCCC2)n[nH]1. The number of nitrogens with two attached hydrogens (primary N) is 1. The molecule has 0 bridgehead atoms. The van der Waals surface area contributed by atoms with Crippen LogP contribution in [0.4, 0.5) is 0 Å². The fourth-order valence-electron chi connectivity index (χ4n) is 2.00. The fraction of sp³-hybridized carbons (Fsp3) is 0.778. The first-order valence-corrected chi connectivity index (χ1v) is 5.13. The molecule has 0 aromatic carbocycles. The highest BCUT2D eigenvalue weighted by atomic mass is 16.6. The van der Waals surface area contributed by atoms with Gasteiger partial charge in [0.15, 0.2) is 11.6 Å². The molecule has 0 atom stereocenters. The molecule has 1 aliphatic carbocycles. The van der Waals surface area contributed by atoms with Crippen molar-refractivity contribution in [3.8, 4) is 0 Å². The van der Waals surface area contributed by atoms with Crippen LogP contribution >= 0.6 is 0 Å². The summed E-state index contributed by atoms with van der Waals surface area (Å²) in [6, 6.07) is 0. The number of aromatic nitrogens is 3. The molecule has 3 N–H and O–H groups in total. The van der Waals surface area contributed by atoms with Crippen LogP contribution in [0, 0.1) is 0 Å². The van der Waals surface area contributed by atoms with Crippen molar-refractivity contribution >= 4 is 0 Å². The van der Waals surface area contributed by atoms with Crippen molar-refractivity contribution in [2.45, 2.75) is 44.6 Å². The zero-order chi connectivity index (χ0) is 9.80. The van der Waals surface area contributed by atoms with Gasteiger partial charge < -0.3 is 0 Å². The Morgan fingerprint density at radius 2 is 2.14 bits per heavy atom. The predicted molar refractivity (Wildman–Crippen MR) is 51.2 cm³/mol. The van der Waals surface area contributed by atoms with E-state index >= 15 is 0 Å². The maximum Gasteiger partial charge on any atom is 0.153 e. The van der Waals surface area contributed by atoms with Crippen LogP contribution in [0.5, 0.6) is 0 Å². The lowest BCUT2D eigenvalue weighted by Gasteiger charge is -2.17. The van der Waals surface area contributed by atoms with Crippen LogP contribution < -0.4 is 5.90 Å². The fourth-order valence-corrected chi connectivity index (χ4v) is 2.00. The van der Waals surface area contributed by atoms with Gasteiger partial charge in [-0.15, -0.1) is 0 Å². The molecule has 1 fully saturated rings. The summed E-state index contributed by atoms with van der Waals surface area (Å²) in [5.41, 5.74) is 0. The van der Waals surface area contributed by atoms with E-state index in [2.05, 4.69) is 20.0 Å². The highest BCUT2D eigenvalue weighted by Crippen LogP contribution is 2.30. The van der Waals surface area contributed by atoms with Gasteiger partial charge in [0, 0.05) is 5.92 Å². The largest absolute Gasteiger partial charge is 0.297 e. The molecule has 14 heavy (non-hydrogen) atoms. The molecular formula is C9H16N4O. The average molecular weight is 196 g/mol. The summed E-state index contributed by atoms with van der Waals surface area (Å²) in [5, 5.41) is 7.02. The van der Waals surface area contributed by atoms with Gasteiger partial charge in [0.2, 0.25) is 0 Å². The van der Waals surface area contributed by atoms with Crippen LogP contribution in [0.15, 0.2) is 0 Å². The third-order valence-electron chi connectivity index (χ3n) is 2.74. The number of aromatic amines is 1. The van der Waals surface area contributed by atoms with Crippen LogP contribution in [-0.2, 0) is 11.4 Å². The maximum absolute atomic E-state index is 4.96. The highest BCUT2D eigenvalue weighted by molar-refractivity contribution is 4.98. The summed E-state index contributed by atoms with van der Waals surface area (Å²) in [4.78, 5) is 8.85. The molecule has 1 heterocycles. The Morgan fingerprint density at radius 1 is 1.36 bits per heavy atom. The standard InChI is InChI=1S/C9H16N4O/c10-14-6-8-11-9(13-12-8)7-4-2-1-3-5-7/h7H,1-6,10H2,(H,11,12,13). The minimum absolute atomic E-state index is 0.305. The van der Waals surface area contributed by atoms with Gasteiger partial charge >= 0.3 is 0 Å².